The summed E-state index contributed by atoms with van der Waals surface area (Å²) >= 11 is 0. The van der Waals surface area contributed by atoms with Gasteiger partial charge >= 0.3 is 0 Å². The highest BCUT2D eigenvalue weighted by atomic mass is 15.1. The van der Waals surface area contributed by atoms with Crippen LogP contribution in [0, 0.1) is 13.8 Å². The minimum absolute atomic E-state index is 0.675. The highest BCUT2D eigenvalue weighted by Crippen LogP contribution is 2.27. The van der Waals surface area contributed by atoms with E-state index in [0.717, 1.165) is 22.6 Å². The number of anilines is 1. The van der Waals surface area contributed by atoms with Gasteiger partial charge in [0, 0.05) is 23.7 Å². The second-order valence-corrected chi connectivity index (χ2v) is 4.45. The number of nitrogens with zero attached hydrogens (tertiary/aromatic N) is 3. The molecular formula is C14H14N4. The molecule has 0 atom stereocenters. The molecule has 90 valence electrons. The zero-order valence-electron chi connectivity index (χ0n) is 10.4. The number of fused-ring (bicyclic) bond motifs is 1. The molecule has 3 aromatic rings. The fraction of sp³-hybridized carbons (Fsp3) is 0.143. The molecule has 0 aliphatic heterocycles. The van der Waals surface area contributed by atoms with Gasteiger partial charge in [-0.15, -0.1) is 0 Å². The van der Waals surface area contributed by atoms with Crippen LogP contribution in [0.5, 0.6) is 0 Å². The molecule has 0 fully saturated rings. The van der Waals surface area contributed by atoms with Gasteiger partial charge in [0.2, 0.25) is 0 Å². The largest absolute Gasteiger partial charge is 0.383 e. The second kappa shape index (κ2) is 3.84. The van der Waals surface area contributed by atoms with E-state index in [2.05, 4.69) is 23.0 Å². The van der Waals surface area contributed by atoms with Gasteiger partial charge in [-0.2, -0.15) is 0 Å². The number of nitrogen functional groups attached to an aromatic ring is 1. The normalized spacial score (nSPS) is 11.0. The number of hydrogen-bond donors (Lipinski definition) is 1. The summed E-state index contributed by atoms with van der Waals surface area (Å²) in [6, 6.07) is 7.97. The molecule has 2 N–H and O–H groups in total. The first kappa shape index (κ1) is 10.8. The Morgan fingerprint density at radius 1 is 1.11 bits per heavy atom. The van der Waals surface area contributed by atoms with Gasteiger partial charge in [-0.05, 0) is 43.7 Å². The Bertz CT molecular complexity index is 713. The van der Waals surface area contributed by atoms with Gasteiger partial charge in [-0.3, -0.25) is 9.38 Å². The average Bonchev–Trinajstić information content (AvgIpc) is 2.67. The second-order valence-electron chi connectivity index (χ2n) is 4.45. The number of imidazole rings is 1. The van der Waals surface area contributed by atoms with E-state index in [9.17, 15) is 0 Å². The van der Waals surface area contributed by atoms with Crippen LogP contribution in [0.1, 0.15) is 11.3 Å². The van der Waals surface area contributed by atoms with Gasteiger partial charge in [0.1, 0.15) is 17.2 Å². The standard InChI is InChI=1S/C14H14N4/c1-9-7-10(2)18-12(8-9)17-13(14(18)15)11-3-5-16-6-4-11/h3-8H,15H2,1-2H3. The molecule has 3 heterocycles. The Labute approximate surface area is 105 Å². The third kappa shape index (κ3) is 1.54. The molecule has 4 heteroatoms. The number of pyridine rings is 2. The first-order valence-electron chi connectivity index (χ1n) is 5.82. The van der Waals surface area contributed by atoms with Crippen molar-refractivity contribution in [3.8, 4) is 11.3 Å². The van der Waals surface area contributed by atoms with Gasteiger partial charge in [0.15, 0.2) is 0 Å². The monoisotopic (exact) mass is 238 g/mol. The zero-order valence-corrected chi connectivity index (χ0v) is 10.4. The van der Waals surface area contributed by atoms with Gasteiger partial charge in [-0.1, -0.05) is 0 Å². The SMILES string of the molecule is Cc1cc(C)n2c(N)c(-c3ccncc3)nc2c1. The van der Waals surface area contributed by atoms with Crippen LogP contribution in [0.4, 0.5) is 5.82 Å². The lowest BCUT2D eigenvalue weighted by Gasteiger charge is -2.03. The maximum Gasteiger partial charge on any atom is 0.139 e. The Hall–Kier alpha value is -2.36. The fourth-order valence-electron chi connectivity index (χ4n) is 2.28. The van der Waals surface area contributed by atoms with Crippen molar-refractivity contribution in [3.05, 3.63) is 47.9 Å². The van der Waals surface area contributed by atoms with Crippen LogP contribution in [0.15, 0.2) is 36.7 Å². The van der Waals surface area contributed by atoms with Crippen LogP contribution >= 0.6 is 0 Å². The Balaban J connectivity index is 2.33. The summed E-state index contributed by atoms with van der Waals surface area (Å²) < 4.78 is 1.97. The summed E-state index contributed by atoms with van der Waals surface area (Å²) in [4.78, 5) is 8.63. The summed E-state index contributed by atoms with van der Waals surface area (Å²) in [5, 5.41) is 0. The van der Waals surface area contributed by atoms with Crippen molar-refractivity contribution >= 4 is 11.5 Å². The minimum atomic E-state index is 0.675. The third-order valence-electron chi connectivity index (χ3n) is 3.04. The summed E-state index contributed by atoms with van der Waals surface area (Å²) in [7, 11) is 0. The van der Waals surface area contributed by atoms with Crippen molar-refractivity contribution in [1.82, 2.24) is 14.4 Å². The van der Waals surface area contributed by atoms with Gasteiger partial charge in [0.25, 0.3) is 0 Å². The van der Waals surface area contributed by atoms with E-state index in [0.29, 0.717) is 5.82 Å². The minimum Gasteiger partial charge on any atom is -0.383 e. The molecule has 3 rings (SSSR count). The topological polar surface area (TPSA) is 56.2 Å². The lowest BCUT2D eigenvalue weighted by Crippen LogP contribution is -1.98. The van der Waals surface area contributed by atoms with Crippen LogP contribution in [0.3, 0.4) is 0 Å². The lowest BCUT2D eigenvalue weighted by molar-refractivity contribution is 1.09. The van der Waals surface area contributed by atoms with E-state index < -0.39 is 0 Å². The number of rotatable bonds is 1. The average molecular weight is 238 g/mol. The molecule has 0 aliphatic rings. The van der Waals surface area contributed by atoms with Gasteiger partial charge in [0.05, 0.1) is 0 Å². The van der Waals surface area contributed by atoms with Crippen LogP contribution in [-0.4, -0.2) is 14.4 Å². The van der Waals surface area contributed by atoms with E-state index in [4.69, 9.17) is 5.73 Å². The summed E-state index contributed by atoms with van der Waals surface area (Å²) in [6.07, 6.45) is 3.49. The molecule has 0 radical (unpaired) electrons. The molecule has 3 aromatic heterocycles. The predicted octanol–water partition coefficient (Wildman–Crippen LogP) is 2.60. The van der Waals surface area contributed by atoms with Crippen LogP contribution in [0.25, 0.3) is 16.9 Å². The third-order valence-corrected chi connectivity index (χ3v) is 3.04. The Morgan fingerprint density at radius 2 is 1.83 bits per heavy atom. The first-order valence-corrected chi connectivity index (χ1v) is 5.82. The highest BCUT2D eigenvalue weighted by molar-refractivity contribution is 5.75. The zero-order chi connectivity index (χ0) is 12.7. The fourth-order valence-corrected chi connectivity index (χ4v) is 2.28. The predicted molar refractivity (Wildman–Crippen MR) is 72.3 cm³/mol. The smallest absolute Gasteiger partial charge is 0.139 e. The maximum atomic E-state index is 6.20. The lowest BCUT2D eigenvalue weighted by atomic mass is 10.2. The van der Waals surface area contributed by atoms with Gasteiger partial charge in [-0.25, -0.2) is 4.98 Å². The number of nitrogens with two attached hydrogens (primary N) is 1. The molecule has 0 saturated carbocycles. The molecule has 0 aliphatic carbocycles. The summed E-state index contributed by atoms with van der Waals surface area (Å²) in [5.74, 6) is 0.675. The van der Waals surface area contributed by atoms with E-state index in [-0.39, 0.29) is 0 Å². The van der Waals surface area contributed by atoms with Crippen LogP contribution < -0.4 is 5.73 Å². The van der Waals surface area contributed by atoms with E-state index in [1.165, 1.54) is 5.56 Å². The molecular weight excluding hydrogens is 224 g/mol. The van der Waals surface area contributed by atoms with Crippen molar-refractivity contribution in [2.45, 2.75) is 13.8 Å². The van der Waals surface area contributed by atoms with Gasteiger partial charge < -0.3 is 5.73 Å². The number of aryl methyl sites for hydroxylation is 2. The molecule has 0 spiro atoms. The highest BCUT2D eigenvalue weighted by Gasteiger charge is 2.12. The molecule has 0 amide bonds. The van der Waals surface area contributed by atoms with Crippen molar-refractivity contribution in [3.63, 3.8) is 0 Å². The van der Waals surface area contributed by atoms with Crippen molar-refractivity contribution < 1.29 is 0 Å². The maximum absolute atomic E-state index is 6.20. The molecule has 0 aromatic carbocycles. The molecule has 4 nitrogen and oxygen atoms in total. The number of aromatic nitrogens is 3. The Morgan fingerprint density at radius 3 is 2.56 bits per heavy atom. The van der Waals surface area contributed by atoms with Crippen molar-refractivity contribution in [1.29, 1.82) is 0 Å². The molecule has 18 heavy (non-hydrogen) atoms. The number of hydrogen-bond acceptors (Lipinski definition) is 3. The van der Waals surface area contributed by atoms with E-state index in [1.54, 1.807) is 12.4 Å². The molecule has 0 unspecified atom stereocenters. The Kier molecular flexibility index (Phi) is 2.30. The van der Waals surface area contributed by atoms with Crippen molar-refractivity contribution in [2.75, 3.05) is 5.73 Å². The van der Waals surface area contributed by atoms with Crippen LogP contribution in [0.2, 0.25) is 0 Å². The van der Waals surface area contributed by atoms with E-state index in [1.807, 2.05) is 29.5 Å². The summed E-state index contributed by atoms with van der Waals surface area (Å²) in [6.45, 7) is 4.10. The van der Waals surface area contributed by atoms with E-state index >= 15 is 0 Å². The first-order chi connectivity index (χ1) is 8.66. The molecule has 0 saturated heterocycles. The van der Waals surface area contributed by atoms with Crippen molar-refractivity contribution in [2.24, 2.45) is 0 Å². The quantitative estimate of drug-likeness (QED) is 0.709. The van der Waals surface area contributed by atoms with Crippen LogP contribution in [-0.2, 0) is 0 Å². The molecule has 0 bridgehead atoms. The summed E-state index contributed by atoms with van der Waals surface area (Å²) in [5.41, 5.74) is 11.2.